The van der Waals surface area contributed by atoms with Gasteiger partial charge in [0.25, 0.3) is 5.56 Å². The number of para-hydroxylation sites is 1. The quantitative estimate of drug-likeness (QED) is 0.652. The summed E-state index contributed by atoms with van der Waals surface area (Å²) in [5.41, 5.74) is 0.535. The maximum atomic E-state index is 13.4. The highest BCUT2D eigenvalue weighted by Crippen LogP contribution is 2.47. The van der Waals surface area contributed by atoms with E-state index in [-0.39, 0.29) is 11.3 Å². The molecule has 0 aliphatic carbocycles. The highest BCUT2D eigenvalue weighted by Gasteiger charge is 2.53. The van der Waals surface area contributed by atoms with Gasteiger partial charge in [0.2, 0.25) is 5.72 Å². The Kier molecular flexibility index (Phi) is 4.18. The molecule has 0 radical (unpaired) electrons. The Morgan fingerprint density at radius 3 is 2.67 bits per heavy atom. The van der Waals surface area contributed by atoms with Crippen molar-refractivity contribution in [3.8, 4) is 11.5 Å². The molecule has 1 aromatic heterocycles. The third-order valence-corrected chi connectivity index (χ3v) is 6.71. The molecule has 2 aliphatic heterocycles. The van der Waals surface area contributed by atoms with Gasteiger partial charge in [-0.3, -0.25) is 14.2 Å². The molecule has 3 aromatic rings. The Morgan fingerprint density at radius 2 is 1.97 bits per heavy atom. The van der Waals surface area contributed by atoms with Crippen LogP contribution in [-0.4, -0.2) is 23.2 Å². The topological polar surface area (TPSA) is 69.9 Å². The summed E-state index contributed by atoms with van der Waals surface area (Å²) in [6.45, 7) is 3.36. The van der Waals surface area contributed by atoms with Crippen LogP contribution in [0.15, 0.2) is 58.3 Å². The number of nitrogens with zero attached hydrogens (tertiary/aromatic N) is 2. The van der Waals surface area contributed by atoms with E-state index in [4.69, 9.17) is 14.5 Å². The molecule has 2 aliphatic rings. The van der Waals surface area contributed by atoms with E-state index in [0.29, 0.717) is 15.1 Å². The zero-order valence-electron chi connectivity index (χ0n) is 16.8. The maximum absolute atomic E-state index is 13.4. The van der Waals surface area contributed by atoms with Crippen molar-refractivity contribution in [3.05, 3.63) is 79.3 Å². The van der Waals surface area contributed by atoms with Crippen LogP contribution in [0.25, 0.3) is 6.08 Å². The third-order valence-electron chi connectivity index (χ3n) is 5.73. The number of ketones is 1. The van der Waals surface area contributed by atoms with Gasteiger partial charge in [-0.2, -0.15) is 0 Å². The van der Waals surface area contributed by atoms with Gasteiger partial charge in [0, 0.05) is 5.56 Å². The van der Waals surface area contributed by atoms with Crippen molar-refractivity contribution in [2.24, 2.45) is 10.9 Å². The van der Waals surface area contributed by atoms with Gasteiger partial charge in [-0.1, -0.05) is 41.7 Å². The summed E-state index contributed by atoms with van der Waals surface area (Å²) < 4.78 is 13.6. The molecular formula is C23H20N2O4S. The van der Waals surface area contributed by atoms with Gasteiger partial charge in [-0.25, -0.2) is 4.99 Å². The van der Waals surface area contributed by atoms with Crippen molar-refractivity contribution in [2.45, 2.75) is 25.6 Å². The monoisotopic (exact) mass is 420 g/mol. The average molecular weight is 420 g/mol. The second-order valence-electron chi connectivity index (χ2n) is 7.68. The molecule has 0 saturated heterocycles. The van der Waals surface area contributed by atoms with Crippen LogP contribution in [0, 0.1) is 5.92 Å². The Balaban J connectivity index is 1.76. The first-order chi connectivity index (χ1) is 14.4. The van der Waals surface area contributed by atoms with Crippen LogP contribution >= 0.6 is 11.3 Å². The van der Waals surface area contributed by atoms with Gasteiger partial charge in [-0.15, -0.1) is 0 Å². The number of carbonyl (C=O) groups is 1. The van der Waals surface area contributed by atoms with E-state index in [9.17, 15) is 9.59 Å². The smallest absolute Gasteiger partial charge is 0.270 e. The number of ether oxygens (including phenoxy) is 2. The molecule has 7 heteroatoms. The number of hydrogen-bond donors (Lipinski definition) is 0. The van der Waals surface area contributed by atoms with E-state index >= 15 is 0 Å². The summed E-state index contributed by atoms with van der Waals surface area (Å²) in [7, 11) is 1.61. The minimum atomic E-state index is -1.04. The Bertz CT molecular complexity index is 1340. The van der Waals surface area contributed by atoms with E-state index in [1.54, 1.807) is 11.7 Å². The Morgan fingerprint density at radius 1 is 1.23 bits per heavy atom. The zero-order valence-corrected chi connectivity index (χ0v) is 17.6. The van der Waals surface area contributed by atoms with Crippen LogP contribution in [0.5, 0.6) is 11.5 Å². The minimum absolute atomic E-state index is 0.0508. The van der Waals surface area contributed by atoms with Gasteiger partial charge < -0.3 is 9.47 Å². The summed E-state index contributed by atoms with van der Waals surface area (Å²) >= 11 is 1.32. The van der Waals surface area contributed by atoms with Crippen molar-refractivity contribution in [2.75, 3.05) is 7.11 Å². The zero-order chi connectivity index (χ0) is 21.0. The standard InChI is InChI=1S/C23H20N2O4S/c1-13(26)19-20-16-6-4-5-7-17(16)29-23(19,2)24-22-25(20)21(27)18(30-22)12-14-8-10-15(28-3)11-9-14/h4-12,19-20H,1-3H3/b18-12+/t19-,20+,23-/m0/s1. The summed E-state index contributed by atoms with van der Waals surface area (Å²) in [5, 5.41) is 0. The van der Waals surface area contributed by atoms with Crippen molar-refractivity contribution < 1.29 is 14.3 Å². The fraction of sp³-hybridized carbons (Fsp3) is 0.261. The van der Waals surface area contributed by atoms with Gasteiger partial charge in [-0.05, 0) is 43.7 Å². The lowest BCUT2D eigenvalue weighted by Gasteiger charge is -2.45. The molecule has 3 atom stereocenters. The Hall–Kier alpha value is -3.19. The van der Waals surface area contributed by atoms with Gasteiger partial charge >= 0.3 is 0 Å². The lowest BCUT2D eigenvalue weighted by molar-refractivity contribution is -0.132. The van der Waals surface area contributed by atoms with Gasteiger partial charge in [0.05, 0.1) is 17.7 Å². The number of Topliss-reactive ketones (excluding diaryl/α,β-unsaturated/α-hetero) is 1. The van der Waals surface area contributed by atoms with Crippen LogP contribution in [0.1, 0.15) is 31.0 Å². The number of aromatic nitrogens is 1. The summed E-state index contributed by atoms with van der Waals surface area (Å²) in [6.07, 6.45) is 1.84. The first-order valence-corrected chi connectivity index (χ1v) is 10.5. The first kappa shape index (κ1) is 18.8. The second-order valence-corrected chi connectivity index (χ2v) is 8.69. The molecule has 5 rings (SSSR count). The molecule has 0 fully saturated rings. The fourth-order valence-electron chi connectivity index (χ4n) is 4.41. The predicted octanol–water partition coefficient (Wildman–Crippen LogP) is 2.28. The molecular weight excluding hydrogens is 400 g/mol. The highest BCUT2D eigenvalue weighted by atomic mass is 32.1. The van der Waals surface area contributed by atoms with Gasteiger partial charge in [0.1, 0.15) is 23.2 Å². The van der Waals surface area contributed by atoms with Crippen LogP contribution in [-0.2, 0) is 4.79 Å². The fourth-order valence-corrected chi connectivity index (χ4v) is 5.51. The predicted molar refractivity (Wildman–Crippen MR) is 114 cm³/mol. The third kappa shape index (κ3) is 2.73. The lowest BCUT2D eigenvalue weighted by Crippen LogP contribution is -2.58. The molecule has 2 aromatic carbocycles. The number of rotatable bonds is 3. The Labute approximate surface area is 176 Å². The SMILES string of the molecule is COc1ccc(/C=c2/sc3n(c2=O)[C@@H]2c4ccccc4O[C@](C)(N=3)[C@H]2C(C)=O)cc1. The molecule has 0 spiro atoms. The summed E-state index contributed by atoms with van der Waals surface area (Å²) in [4.78, 5) is 31.4. The highest BCUT2D eigenvalue weighted by molar-refractivity contribution is 7.07. The van der Waals surface area contributed by atoms with E-state index in [1.165, 1.54) is 18.3 Å². The second kappa shape index (κ2) is 6.67. The number of methoxy groups -OCH3 is 1. The van der Waals surface area contributed by atoms with E-state index in [2.05, 4.69) is 0 Å². The molecule has 152 valence electrons. The first-order valence-electron chi connectivity index (χ1n) is 9.67. The lowest BCUT2D eigenvalue weighted by atomic mass is 9.79. The van der Waals surface area contributed by atoms with Crippen LogP contribution in [0.2, 0.25) is 0 Å². The number of thiazole rings is 1. The minimum Gasteiger partial charge on any atom is -0.497 e. The number of carbonyl (C=O) groups excluding carboxylic acids is 1. The van der Waals surface area contributed by atoms with Crippen molar-refractivity contribution in [1.29, 1.82) is 0 Å². The van der Waals surface area contributed by atoms with E-state index in [0.717, 1.165) is 16.9 Å². The number of hydrogen-bond acceptors (Lipinski definition) is 6. The maximum Gasteiger partial charge on any atom is 0.270 e. The molecule has 0 N–H and O–H groups in total. The van der Waals surface area contributed by atoms with Crippen LogP contribution in [0.3, 0.4) is 0 Å². The number of fused-ring (bicyclic) bond motifs is 6. The summed E-state index contributed by atoms with van der Waals surface area (Å²) in [5.74, 6) is 0.797. The van der Waals surface area contributed by atoms with E-state index < -0.39 is 17.7 Å². The molecule has 6 nitrogen and oxygen atoms in total. The molecule has 0 amide bonds. The molecule has 0 saturated carbocycles. The van der Waals surface area contributed by atoms with Crippen molar-refractivity contribution >= 4 is 23.2 Å². The van der Waals surface area contributed by atoms with Crippen LogP contribution in [0.4, 0.5) is 0 Å². The summed E-state index contributed by atoms with van der Waals surface area (Å²) in [6, 6.07) is 14.6. The largest absolute Gasteiger partial charge is 0.497 e. The molecule has 0 unspecified atom stereocenters. The average Bonchev–Trinajstić information content (AvgIpc) is 3.01. The van der Waals surface area contributed by atoms with Crippen LogP contribution < -0.4 is 24.4 Å². The van der Waals surface area contributed by atoms with Crippen molar-refractivity contribution in [1.82, 2.24) is 4.57 Å². The van der Waals surface area contributed by atoms with E-state index in [1.807, 2.05) is 61.5 Å². The molecule has 2 bridgehead atoms. The van der Waals surface area contributed by atoms with Gasteiger partial charge in [0.15, 0.2) is 4.80 Å². The molecule has 3 heterocycles. The normalized spacial score (nSPS) is 24.3. The van der Waals surface area contributed by atoms with Crippen molar-refractivity contribution in [3.63, 3.8) is 0 Å². The molecule has 30 heavy (non-hydrogen) atoms. The number of benzene rings is 2.